The molecule has 3 heteroatoms. The minimum Gasteiger partial charge on any atom is -0.469 e. The lowest BCUT2D eigenvalue weighted by atomic mass is 10.2. The summed E-state index contributed by atoms with van der Waals surface area (Å²) in [4.78, 5) is 10.9. The van der Waals surface area contributed by atoms with E-state index in [2.05, 4.69) is 0 Å². The lowest BCUT2D eigenvalue weighted by Gasteiger charge is -1.99. The topological polar surface area (TPSA) is 39.4 Å². The van der Waals surface area contributed by atoms with Gasteiger partial charge in [0.15, 0.2) is 0 Å². The lowest BCUT2D eigenvalue weighted by Crippen LogP contribution is -2.03. The highest BCUT2D eigenvalue weighted by Gasteiger charge is 2.02. The molecule has 13 heavy (non-hydrogen) atoms. The van der Waals surface area contributed by atoms with Gasteiger partial charge in [-0.25, -0.2) is 0 Å². The highest BCUT2D eigenvalue weighted by molar-refractivity contribution is 5.69. The average molecular weight is 182 g/mol. The quantitative estimate of drug-likeness (QED) is 0.655. The zero-order valence-electron chi connectivity index (χ0n) is 7.79. The Morgan fingerprint density at radius 1 is 1.62 bits per heavy atom. The number of aryl methyl sites for hydroxylation is 1. The second-order valence-corrected chi connectivity index (χ2v) is 2.74. The minimum absolute atomic E-state index is 0.131. The van der Waals surface area contributed by atoms with Crippen LogP contribution in [0.15, 0.2) is 22.8 Å². The van der Waals surface area contributed by atoms with Crippen LogP contribution >= 0.6 is 0 Å². The van der Waals surface area contributed by atoms with Crippen molar-refractivity contribution in [1.29, 1.82) is 0 Å². The van der Waals surface area contributed by atoms with E-state index >= 15 is 0 Å². The van der Waals surface area contributed by atoms with Crippen LogP contribution in [0.4, 0.5) is 0 Å². The van der Waals surface area contributed by atoms with Crippen molar-refractivity contribution in [2.45, 2.75) is 26.2 Å². The van der Waals surface area contributed by atoms with Crippen molar-refractivity contribution >= 4 is 5.97 Å². The first kappa shape index (κ1) is 9.84. The van der Waals surface area contributed by atoms with Crippen LogP contribution in [0, 0.1) is 0 Å². The number of ether oxygens (including phenoxy) is 1. The van der Waals surface area contributed by atoms with Gasteiger partial charge in [-0.3, -0.25) is 4.79 Å². The molecule has 0 radical (unpaired) electrons. The Morgan fingerprint density at radius 2 is 2.46 bits per heavy atom. The molecule has 0 fully saturated rings. The van der Waals surface area contributed by atoms with Gasteiger partial charge in [-0.15, -0.1) is 0 Å². The minimum atomic E-state index is -0.131. The summed E-state index contributed by atoms with van der Waals surface area (Å²) in [5.41, 5.74) is 0. The molecule has 0 saturated carbocycles. The summed E-state index contributed by atoms with van der Waals surface area (Å²) in [6, 6.07) is 3.75. The van der Waals surface area contributed by atoms with Gasteiger partial charge in [0.25, 0.3) is 0 Å². The van der Waals surface area contributed by atoms with Crippen molar-refractivity contribution in [3.8, 4) is 0 Å². The normalized spacial score (nSPS) is 9.92. The van der Waals surface area contributed by atoms with Crippen LogP contribution in [0.1, 0.15) is 25.5 Å². The van der Waals surface area contributed by atoms with Crippen molar-refractivity contribution in [3.63, 3.8) is 0 Å². The predicted octanol–water partition coefficient (Wildman–Crippen LogP) is 2.17. The molecule has 72 valence electrons. The fourth-order valence-corrected chi connectivity index (χ4v) is 1.09. The molecule has 0 aromatic carbocycles. The van der Waals surface area contributed by atoms with Crippen LogP contribution in [0.2, 0.25) is 0 Å². The van der Waals surface area contributed by atoms with E-state index in [9.17, 15) is 4.79 Å². The number of carbonyl (C=O) groups excluding carboxylic acids is 1. The van der Waals surface area contributed by atoms with Gasteiger partial charge < -0.3 is 9.15 Å². The van der Waals surface area contributed by atoms with Gasteiger partial charge in [-0.05, 0) is 25.5 Å². The summed E-state index contributed by atoms with van der Waals surface area (Å²) in [7, 11) is 0. The van der Waals surface area contributed by atoms with E-state index in [1.165, 1.54) is 0 Å². The van der Waals surface area contributed by atoms with Gasteiger partial charge in [0.05, 0.1) is 12.9 Å². The van der Waals surface area contributed by atoms with Crippen LogP contribution < -0.4 is 0 Å². The molecule has 1 aromatic rings. The zero-order valence-corrected chi connectivity index (χ0v) is 7.79. The van der Waals surface area contributed by atoms with E-state index in [1.54, 1.807) is 6.26 Å². The highest BCUT2D eigenvalue weighted by atomic mass is 16.5. The van der Waals surface area contributed by atoms with Gasteiger partial charge in [0, 0.05) is 12.8 Å². The summed E-state index contributed by atoms with van der Waals surface area (Å²) in [5, 5.41) is 0. The predicted molar refractivity (Wildman–Crippen MR) is 48.3 cm³/mol. The van der Waals surface area contributed by atoms with Crippen LogP contribution in [-0.2, 0) is 16.0 Å². The number of hydrogen-bond donors (Lipinski definition) is 0. The maximum absolute atomic E-state index is 10.9. The van der Waals surface area contributed by atoms with Crippen LogP contribution in [0.5, 0.6) is 0 Å². The maximum atomic E-state index is 10.9. The number of furan rings is 1. The Balaban J connectivity index is 2.11. The van der Waals surface area contributed by atoms with Gasteiger partial charge in [0.1, 0.15) is 5.76 Å². The molecule has 0 bridgehead atoms. The number of rotatable bonds is 5. The lowest BCUT2D eigenvalue weighted by molar-refractivity contribution is -0.143. The third kappa shape index (κ3) is 3.78. The zero-order chi connectivity index (χ0) is 9.52. The molecule has 3 nitrogen and oxygen atoms in total. The Bertz CT molecular complexity index is 239. The maximum Gasteiger partial charge on any atom is 0.305 e. The van der Waals surface area contributed by atoms with Crippen molar-refractivity contribution in [2.24, 2.45) is 0 Å². The molecule has 0 atom stereocenters. The van der Waals surface area contributed by atoms with Crippen molar-refractivity contribution in [1.82, 2.24) is 0 Å². The smallest absolute Gasteiger partial charge is 0.305 e. The Kier molecular flexibility index (Phi) is 4.09. The molecule has 1 heterocycles. The van der Waals surface area contributed by atoms with E-state index < -0.39 is 0 Å². The molecule has 1 rings (SSSR count). The molecule has 0 saturated heterocycles. The molecule has 1 aromatic heterocycles. The molecular formula is C10H14O3. The first-order valence-corrected chi connectivity index (χ1v) is 4.51. The molecule has 0 aliphatic heterocycles. The largest absolute Gasteiger partial charge is 0.469 e. The SMILES string of the molecule is CCOC(=O)CCCc1ccco1. The molecule has 0 N–H and O–H groups in total. The van der Waals surface area contributed by atoms with Crippen molar-refractivity contribution in [3.05, 3.63) is 24.2 Å². The van der Waals surface area contributed by atoms with Crippen LogP contribution in [-0.4, -0.2) is 12.6 Å². The van der Waals surface area contributed by atoms with Gasteiger partial charge in [-0.2, -0.15) is 0 Å². The molecule has 0 aliphatic rings. The second-order valence-electron chi connectivity index (χ2n) is 2.74. The van der Waals surface area contributed by atoms with Crippen LogP contribution in [0.25, 0.3) is 0 Å². The number of hydrogen-bond acceptors (Lipinski definition) is 3. The molecule has 0 unspecified atom stereocenters. The summed E-state index contributed by atoms with van der Waals surface area (Å²) in [6.45, 7) is 2.27. The van der Waals surface area contributed by atoms with E-state index in [-0.39, 0.29) is 5.97 Å². The van der Waals surface area contributed by atoms with Crippen LogP contribution in [0.3, 0.4) is 0 Å². The summed E-state index contributed by atoms with van der Waals surface area (Å²) >= 11 is 0. The Morgan fingerprint density at radius 3 is 3.08 bits per heavy atom. The fourth-order valence-electron chi connectivity index (χ4n) is 1.09. The summed E-state index contributed by atoms with van der Waals surface area (Å²) < 4.78 is 9.91. The third-order valence-corrected chi connectivity index (χ3v) is 1.69. The second kappa shape index (κ2) is 5.41. The molecule has 0 spiro atoms. The first-order chi connectivity index (χ1) is 6.33. The van der Waals surface area contributed by atoms with Gasteiger partial charge >= 0.3 is 5.97 Å². The summed E-state index contributed by atoms with van der Waals surface area (Å²) in [5.74, 6) is 0.790. The molecule has 0 aliphatic carbocycles. The highest BCUT2D eigenvalue weighted by Crippen LogP contribution is 2.05. The van der Waals surface area contributed by atoms with Gasteiger partial charge in [-0.1, -0.05) is 0 Å². The fraction of sp³-hybridized carbons (Fsp3) is 0.500. The third-order valence-electron chi connectivity index (χ3n) is 1.69. The first-order valence-electron chi connectivity index (χ1n) is 4.51. The molecule has 0 amide bonds. The average Bonchev–Trinajstić information content (AvgIpc) is 2.57. The van der Waals surface area contributed by atoms with Crippen molar-refractivity contribution < 1.29 is 13.9 Å². The Hall–Kier alpha value is -1.25. The van der Waals surface area contributed by atoms with E-state index in [4.69, 9.17) is 9.15 Å². The monoisotopic (exact) mass is 182 g/mol. The van der Waals surface area contributed by atoms with E-state index in [0.29, 0.717) is 13.0 Å². The molecular weight excluding hydrogens is 168 g/mol. The Labute approximate surface area is 77.7 Å². The number of carbonyl (C=O) groups is 1. The standard InChI is InChI=1S/C10H14O3/c1-2-12-10(11)7-3-5-9-6-4-8-13-9/h4,6,8H,2-3,5,7H2,1H3. The van der Waals surface area contributed by atoms with E-state index in [0.717, 1.165) is 18.6 Å². The van der Waals surface area contributed by atoms with E-state index in [1.807, 2.05) is 19.1 Å². The summed E-state index contributed by atoms with van der Waals surface area (Å²) in [6.07, 6.45) is 3.69. The van der Waals surface area contributed by atoms with Crippen molar-refractivity contribution in [2.75, 3.05) is 6.61 Å². The van der Waals surface area contributed by atoms with Gasteiger partial charge in [0.2, 0.25) is 0 Å². The number of esters is 1.